The van der Waals surface area contributed by atoms with Crippen molar-refractivity contribution in [2.45, 2.75) is 18.9 Å². The molecule has 0 bridgehead atoms. The second-order valence-electron chi connectivity index (χ2n) is 4.62. The fraction of sp³-hybridized carbons (Fsp3) is 0.727. The summed E-state index contributed by atoms with van der Waals surface area (Å²) in [5, 5.41) is 13.7. The van der Waals surface area contributed by atoms with E-state index in [1.165, 1.54) is 0 Å². The lowest BCUT2D eigenvalue weighted by Gasteiger charge is -2.26. The summed E-state index contributed by atoms with van der Waals surface area (Å²) in [4.78, 5) is 13.6. The highest BCUT2D eigenvalue weighted by molar-refractivity contribution is 5.87. The van der Waals surface area contributed by atoms with Crippen LogP contribution < -0.4 is 10.6 Å². The Kier molecular flexibility index (Phi) is 3.60. The first-order valence-electron chi connectivity index (χ1n) is 6.53. The smallest absolute Gasteiger partial charge is 0.325 e. The number of hydrogen-bond acceptors (Lipinski definition) is 6. The van der Waals surface area contributed by atoms with Crippen molar-refractivity contribution in [2.24, 2.45) is 0 Å². The average Bonchev–Trinajstić information content (AvgIpc) is 3.10. The molecule has 0 spiro atoms. The van der Waals surface area contributed by atoms with Gasteiger partial charge >= 0.3 is 12.0 Å². The molecule has 2 saturated heterocycles. The van der Waals surface area contributed by atoms with Gasteiger partial charge in [-0.3, -0.25) is 5.32 Å². The predicted molar refractivity (Wildman–Crippen MR) is 65.7 cm³/mol. The topological polar surface area (TPSA) is 92.5 Å². The maximum absolute atomic E-state index is 11.9. The predicted octanol–water partition coefficient (Wildman–Crippen LogP) is 0.358. The summed E-state index contributed by atoms with van der Waals surface area (Å²) in [5.74, 6) is 0.537. The van der Waals surface area contributed by atoms with Crippen molar-refractivity contribution in [2.75, 3.05) is 38.2 Å². The van der Waals surface area contributed by atoms with Gasteiger partial charge in [0.1, 0.15) is 0 Å². The Hall–Kier alpha value is -1.67. The minimum Gasteiger partial charge on any atom is -0.406 e. The van der Waals surface area contributed by atoms with Crippen LogP contribution in [0.2, 0.25) is 0 Å². The Balaban J connectivity index is 1.58. The van der Waals surface area contributed by atoms with Crippen molar-refractivity contribution in [3.8, 4) is 0 Å². The first kappa shape index (κ1) is 12.4. The van der Waals surface area contributed by atoms with E-state index in [0.29, 0.717) is 32.2 Å². The van der Waals surface area contributed by atoms with Crippen LogP contribution >= 0.6 is 0 Å². The third kappa shape index (κ3) is 2.85. The fourth-order valence-electron chi connectivity index (χ4n) is 2.26. The van der Waals surface area contributed by atoms with Gasteiger partial charge in [0.15, 0.2) is 0 Å². The van der Waals surface area contributed by atoms with Crippen LogP contribution in [0.15, 0.2) is 4.42 Å². The van der Waals surface area contributed by atoms with Gasteiger partial charge in [-0.15, -0.1) is 5.10 Å². The van der Waals surface area contributed by atoms with Crippen LogP contribution in [-0.4, -0.2) is 54.0 Å². The van der Waals surface area contributed by atoms with Crippen molar-refractivity contribution in [3.05, 3.63) is 5.89 Å². The van der Waals surface area contributed by atoms with Gasteiger partial charge in [0.05, 0.1) is 19.3 Å². The number of carbonyl (C=O) groups excluding carboxylic acids is 1. The van der Waals surface area contributed by atoms with Crippen LogP contribution in [0.3, 0.4) is 0 Å². The number of ether oxygens (including phenoxy) is 1. The normalized spacial score (nSPS) is 23.6. The van der Waals surface area contributed by atoms with E-state index in [4.69, 9.17) is 9.15 Å². The van der Waals surface area contributed by atoms with Crippen molar-refractivity contribution < 1.29 is 13.9 Å². The fourth-order valence-corrected chi connectivity index (χ4v) is 2.26. The minimum atomic E-state index is -0.224. The van der Waals surface area contributed by atoms with E-state index in [1.54, 1.807) is 4.90 Å². The van der Waals surface area contributed by atoms with E-state index < -0.39 is 0 Å². The molecule has 0 radical (unpaired) electrons. The highest BCUT2D eigenvalue weighted by Gasteiger charge is 2.23. The van der Waals surface area contributed by atoms with Gasteiger partial charge in [-0.25, -0.2) is 4.79 Å². The van der Waals surface area contributed by atoms with Crippen LogP contribution in [0.5, 0.6) is 0 Å². The molecule has 2 aliphatic heterocycles. The lowest BCUT2D eigenvalue weighted by molar-refractivity contribution is 0.0563. The molecule has 8 heteroatoms. The number of rotatable bonds is 2. The van der Waals surface area contributed by atoms with Gasteiger partial charge in [-0.2, -0.15) is 0 Å². The largest absolute Gasteiger partial charge is 0.406 e. The molecule has 0 aromatic carbocycles. The zero-order chi connectivity index (χ0) is 13.1. The molecule has 1 aromatic rings. The van der Waals surface area contributed by atoms with E-state index in [-0.39, 0.29) is 18.1 Å². The van der Waals surface area contributed by atoms with Crippen LogP contribution in [0.4, 0.5) is 10.8 Å². The lowest BCUT2D eigenvalue weighted by Crippen LogP contribution is -2.43. The Morgan fingerprint density at radius 3 is 2.95 bits per heavy atom. The zero-order valence-corrected chi connectivity index (χ0v) is 10.6. The lowest BCUT2D eigenvalue weighted by atomic mass is 10.2. The number of carbonyl (C=O) groups is 1. The summed E-state index contributed by atoms with van der Waals surface area (Å²) in [7, 11) is 0. The Morgan fingerprint density at radius 2 is 2.21 bits per heavy atom. The van der Waals surface area contributed by atoms with Gasteiger partial charge in [0.25, 0.3) is 0 Å². The van der Waals surface area contributed by atoms with Crippen LogP contribution in [0.25, 0.3) is 0 Å². The number of hydrogen-bond donors (Lipinski definition) is 2. The molecule has 0 aliphatic carbocycles. The maximum atomic E-state index is 11.9. The number of nitrogens with one attached hydrogen (secondary N) is 2. The summed E-state index contributed by atoms with van der Waals surface area (Å²) < 4.78 is 10.6. The van der Waals surface area contributed by atoms with Gasteiger partial charge in [-0.1, -0.05) is 5.10 Å². The second kappa shape index (κ2) is 5.54. The molecule has 2 N–H and O–H groups in total. The van der Waals surface area contributed by atoms with Gasteiger partial charge in [-0.05, 0) is 19.4 Å². The van der Waals surface area contributed by atoms with Crippen LogP contribution in [0, 0.1) is 0 Å². The monoisotopic (exact) mass is 267 g/mol. The number of aromatic nitrogens is 2. The molecule has 8 nitrogen and oxygen atoms in total. The maximum Gasteiger partial charge on any atom is 0.325 e. The number of anilines is 1. The first-order valence-corrected chi connectivity index (χ1v) is 6.53. The molecule has 2 aliphatic rings. The summed E-state index contributed by atoms with van der Waals surface area (Å²) in [6.07, 6.45) is 2.08. The minimum absolute atomic E-state index is 0.113. The quantitative estimate of drug-likeness (QED) is 0.803. The van der Waals surface area contributed by atoms with Crippen molar-refractivity contribution >= 4 is 12.0 Å². The summed E-state index contributed by atoms with van der Waals surface area (Å²) in [6.45, 7) is 3.25. The van der Waals surface area contributed by atoms with E-state index >= 15 is 0 Å². The van der Waals surface area contributed by atoms with Crippen LogP contribution in [-0.2, 0) is 4.74 Å². The van der Waals surface area contributed by atoms with Gasteiger partial charge in [0, 0.05) is 13.1 Å². The molecule has 3 rings (SSSR count). The van der Waals surface area contributed by atoms with E-state index in [2.05, 4.69) is 20.8 Å². The highest BCUT2D eigenvalue weighted by atomic mass is 16.5. The number of urea groups is 1. The molecular weight excluding hydrogens is 250 g/mol. The van der Waals surface area contributed by atoms with Crippen molar-refractivity contribution in [1.82, 2.24) is 20.4 Å². The van der Waals surface area contributed by atoms with Gasteiger partial charge in [0.2, 0.25) is 5.89 Å². The molecule has 0 saturated carbocycles. The van der Waals surface area contributed by atoms with Gasteiger partial charge < -0.3 is 19.4 Å². The van der Waals surface area contributed by atoms with E-state index in [0.717, 1.165) is 19.4 Å². The standard InChI is InChI=1S/C11H17N5O3/c17-11(16-4-6-18-7-5-16)13-10-15-14-9(19-10)8-2-1-3-12-8/h8,12H,1-7H2,(H,13,15,17). The summed E-state index contributed by atoms with van der Waals surface area (Å²) in [6, 6.07) is 0.0413. The molecule has 3 heterocycles. The summed E-state index contributed by atoms with van der Waals surface area (Å²) >= 11 is 0. The SMILES string of the molecule is O=C(Nc1nnc(C2CCCN2)o1)N1CCOCC1. The number of morpholine rings is 1. The molecular formula is C11H17N5O3. The molecule has 1 unspecified atom stereocenters. The number of amides is 2. The first-order chi connectivity index (χ1) is 9.33. The molecule has 2 fully saturated rings. The average molecular weight is 267 g/mol. The Morgan fingerprint density at radius 1 is 1.37 bits per heavy atom. The Labute approximate surface area is 110 Å². The second-order valence-corrected chi connectivity index (χ2v) is 4.62. The molecule has 1 aromatic heterocycles. The Bertz CT molecular complexity index is 437. The summed E-state index contributed by atoms with van der Waals surface area (Å²) in [5.41, 5.74) is 0. The number of nitrogens with zero attached hydrogens (tertiary/aromatic N) is 3. The molecule has 1 atom stereocenters. The highest BCUT2D eigenvalue weighted by Crippen LogP contribution is 2.22. The molecule has 104 valence electrons. The van der Waals surface area contributed by atoms with Crippen LogP contribution in [0.1, 0.15) is 24.8 Å². The third-order valence-electron chi connectivity index (χ3n) is 3.31. The van der Waals surface area contributed by atoms with E-state index in [1.807, 2.05) is 0 Å². The molecule has 2 amide bonds. The third-order valence-corrected chi connectivity index (χ3v) is 3.31. The van der Waals surface area contributed by atoms with Crippen molar-refractivity contribution in [1.29, 1.82) is 0 Å². The van der Waals surface area contributed by atoms with E-state index in [9.17, 15) is 4.79 Å². The zero-order valence-electron chi connectivity index (χ0n) is 10.6. The molecule has 19 heavy (non-hydrogen) atoms. The van der Waals surface area contributed by atoms with Crippen molar-refractivity contribution in [3.63, 3.8) is 0 Å².